The van der Waals surface area contributed by atoms with Crippen LogP contribution in [0.1, 0.15) is 39.0 Å². The Morgan fingerprint density at radius 3 is 2.42 bits per heavy atom. The third kappa shape index (κ3) is 2.35. The maximum absolute atomic E-state index is 11.5. The molecule has 4 saturated carbocycles. The van der Waals surface area contributed by atoms with Gasteiger partial charge in [-0.2, -0.15) is 0 Å². The minimum Gasteiger partial charge on any atom is -0.459 e. The summed E-state index contributed by atoms with van der Waals surface area (Å²) in [5, 5.41) is 3.07. The van der Waals surface area contributed by atoms with Gasteiger partial charge < -0.3 is 10.1 Å². The zero-order valence-electron chi connectivity index (χ0n) is 11.2. The lowest BCUT2D eigenvalue weighted by Crippen LogP contribution is -2.62. The normalized spacial score (nSPS) is 43.1. The standard InChI is InChI=1S/C14H20ClNO3/c1-8(17)19-14-4-9-2-10(5-14)13(11(3-9)6-14)16-12(18)7-15/h9-11,13H,2-7H2,1H3,(H,16,18). The maximum Gasteiger partial charge on any atom is 0.303 e. The van der Waals surface area contributed by atoms with Gasteiger partial charge in [-0.15, -0.1) is 11.6 Å². The van der Waals surface area contributed by atoms with E-state index in [0.717, 1.165) is 32.1 Å². The molecule has 1 N–H and O–H groups in total. The minimum atomic E-state index is -0.246. The number of alkyl halides is 1. The molecule has 0 radical (unpaired) electrons. The van der Waals surface area contributed by atoms with Gasteiger partial charge in [0.05, 0.1) is 0 Å². The van der Waals surface area contributed by atoms with Crippen LogP contribution in [0.4, 0.5) is 0 Å². The number of hydrogen-bond acceptors (Lipinski definition) is 3. The fraction of sp³-hybridized carbons (Fsp3) is 0.857. The Balaban J connectivity index is 1.76. The molecule has 4 nitrogen and oxygen atoms in total. The fourth-order valence-corrected chi connectivity index (χ4v) is 4.92. The van der Waals surface area contributed by atoms with Crippen molar-refractivity contribution in [2.75, 3.05) is 5.88 Å². The molecule has 0 aromatic heterocycles. The molecule has 0 spiro atoms. The molecule has 0 aromatic rings. The van der Waals surface area contributed by atoms with Crippen LogP contribution in [0, 0.1) is 17.8 Å². The predicted octanol–water partition coefficient (Wildman–Crippen LogP) is 1.85. The van der Waals surface area contributed by atoms with Gasteiger partial charge in [-0.05, 0) is 49.9 Å². The van der Waals surface area contributed by atoms with Gasteiger partial charge in [-0.1, -0.05) is 0 Å². The van der Waals surface area contributed by atoms with E-state index in [4.69, 9.17) is 16.3 Å². The first-order chi connectivity index (χ1) is 9.01. The number of rotatable bonds is 3. The van der Waals surface area contributed by atoms with E-state index >= 15 is 0 Å². The monoisotopic (exact) mass is 285 g/mol. The van der Waals surface area contributed by atoms with Gasteiger partial charge in [0.1, 0.15) is 11.5 Å². The third-order valence-electron chi connectivity index (χ3n) is 5.03. The van der Waals surface area contributed by atoms with Crippen molar-refractivity contribution in [1.29, 1.82) is 0 Å². The highest BCUT2D eigenvalue weighted by molar-refractivity contribution is 6.27. The van der Waals surface area contributed by atoms with Crippen LogP contribution in [0.3, 0.4) is 0 Å². The molecule has 2 atom stereocenters. The molecule has 0 aliphatic heterocycles. The highest BCUT2D eigenvalue weighted by Gasteiger charge is 2.57. The predicted molar refractivity (Wildman–Crippen MR) is 70.7 cm³/mol. The first-order valence-corrected chi connectivity index (χ1v) is 7.60. The second-order valence-corrected chi connectivity index (χ2v) is 6.74. The third-order valence-corrected chi connectivity index (χ3v) is 5.27. The quantitative estimate of drug-likeness (QED) is 0.636. The Labute approximate surface area is 118 Å². The topological polar surface area (TPSA) is 55.4 Å². The van der Waals surface area contributed by atoms with Crippen molar-refractivity contribution >= 4 is 23.5 Å². The molecular weight excluding hydrogens is 266 g/mol. The number of halogens is 1. The Morgan fingerprint density at radius 1 is 1.26 bits per heavy atom. The SMILES string of the molecule is CC(=O)OC12CC3CC(C1)C(NC(=O)CCl)C(C3)C2. The number of carbonyl (C=O) groups is 2. The highest BCUT2D eigenvalue weighted by atomic mass is 35.5. The van der Waals surface area contributed by atoms with Gasteiger partial charge >= 0.3 is 5.97 Å². The number of carbonyl (C=O) groups excluding carboxylic acids is 2. The van der Waals surface area contributed by atoms with Crippen molar-refractivity contribution in [3.8, 4) is 0 Å². The van der Waals surface area contributed by atoms with Crippen LogP contribution in [0.15, 0.2) is 0 Å². The molecule has 106 valence electrons. The van der Waals surface area contributed by atoms with Crippen molar-refractivity contribution in [2.45, 2.75) is 50.7 Å². The number of amides is 1. The highest BCUT2D eigenvalue weighted by Crippen LogP contribution is 2.57. The molecule has 2 unspecified atom stereocenters. The molecule has 0 saturated heterocycles. The van der Waals surface area contributed by atoms with Crippen LogP contribution < -0.4 is 5.32 Å². The summed E-state index contributed by atoms with van der Waals surface area (Å²) >= 11 is 5.58. The molecule has 5 heteroatoms. The molecule has 4 aliphatic carbocycles. The van der Waals surface area contributed by atoms with Crippen LogP contribution in [-0.4, -0.2) is 29.4 Å². The molecule has 19 heavy (non-hydrogen) atoms. The van der Waals surface area contributed by atoms with Crippen LogP contribution >= 0.6 is 11.6 Å². The lowest BCUT2D eigenvalue weighted by atomic mass is 9.52. The van der Waals surface area contributed by atoms with E-state index in [-0.39, 0.29) is 29.4 Å². The first-order valence-electron chi connectivity index (χ1n) is 7.06. The summed E-state index contributed by atoms with van der Waals surface area (Å²) in [6, 6.07) is 0.228. The molecule has 1 amide bonds. The molecule has 4 rings (SSSR count). The first kappa shape index (κ1) is 13.2. The lowest BCUT2D eigenvalue weighted by molar-refractivity contribution is -0.189. The number of ether oxygens (including phenoxy) is 1. The van der Waals surface area contributed by atoms with Crippen molar-refractivity contribution < 1.29 is 14.3 Å². The summed E-state index contributed by atoms with van der Waals surface area (Å²) in [5.41, 5.74) is -0.246. The lowest BCUT2D eigenvalue weighted by Gasteiger charge is -2.59. The van der Waals surface area contributed by atoms with Crippen LogP contribution in [-0.2, 0) is 14.3 Å². The van der Waals surface area contributed by atoms with E-state index in [1.165, 1.54) is 6.92 Å². The van der Waals surface area contributed by atoms with Gasteiger partial charge in [0, 0.05) is 13.0 Å². The Hall–Kier alpha value is -0.770. The van der Waals surface area contributed by atoms with E-state index in [2.05, 4.69) is 5.32 Å². The van der Waals surface area contributed by atoms with E-state index in [9.17, 15) is 9.59 Å². The smallest absolute Gasteiger partial charge is 0.303 e. The Bertz CT molecular complexity index is 395. The van der Waals surface area contributed by atoms with Gasteiger partial charge in [0.2, 0.25) is 5.91 Å². The summed E-state index contributed by atoms with van der Waals surface area (Å²) in [5.74, 6) is 1.30. The van der Waals surface area contributed by atoms with E-state index in [0.29, 0.717) is 17.8 Å². The van der Waals surface area contributed by atoms with E-state index in [1.54, 1.807) is 0 Å². The van der Waals surface area contributed by atoms with Gasteiger partial charge in [0.25, 0.3) is 0 Å². The Kier molecular flexibility index (Phi) is 3.24. The second kappa shape index (κ2) is 4.65. The van der Waals surface area contributed by atoms with Crippen LogP contribution in [0.25, 0.3) is 0 Å². The molecule has 4 fully saturated rings. The summed E-state index contributed by atoms with van der Waals surface area (Å²) in [6.07, 6.45) is 5.09. The van der Waals surface area contributed by atoms with Crippen molar-refractivity contribution in [3.05, 3.63) is 0 Å². The molecule has 4 aliphatic rings. The number of hydrogen-bond donors (Lipinski definition) is 1. The van der Waals surface area contributed by atoms with Crippen LogP contribution in [0.2, 0.25) is 0 Å². The van der Waals surface area contributed by atoms with Crippen LogP contribution in [0.5, 0.6) is 0 Å². The molecule has 4 bridgehead atoms. The maximum atomic E-state index is 11.5. The summed E-state index contributed by atoms with van der Waals surface area (Å²) in [6.45, 7) is 1.49. The summed E-state index contributed by atoms with van der Waals surface area (Å²) in [4.78, 5) is 22.9. The van der Waals surface area contributed by atoms with Crippen molar-refractivity contribution in [2.24, 2.45) is 17.8 Å². The largest absolute Gasteiger partial charge is 0.459 e. The zero-order valence-corrected chi connectivity index (χ0v) is 11.9. The minimum absolute atomic E-state index is 0.0223. The molecular formula is C14H20ClNO3. The van der Waals surface area contributed by atoms with Crippen molar-refractivity contribution in [1.82, 2.24) is 5.32 Å². The molecule has 0 heterocycles. The fourth-order valence-electron chi connectivity index (χ4n) is 4.84. The van der Waals surface area contributed by atoms with E-state index < -0.39 is 0 Å². The van der Waals surface area contributed by atoms with Crippen molar-refractivity contribution in [3.63, 3.8) is 0 Å². The van der Waals surface area contributed by atoms with Gasteiger partial charge in [0.15, 0.2) is 0 Å². The average molecular weight is 286 g/mol. The second-order valence-electron chi connectivity index (χ2n) is 6.47. The average Bonchev–Trinajstić information content (AvgIpc) is 2.31. The summed E-state index contributed by atoms with van der Waals surface area (Å²) < 4.78 is 5.65. The number of nitrogens with one attached hydrogen (secondary N) is 1. The van der Waals surface area contributed by atoms with E-state index in [1.807, 2.05) is 0 Å². The number of esters is 1. The Morgan fingerprint density at radius 2 is 1.89 bits per heavy atom. The zero-order chi connectivity index (χ0) is 13.6. The summed E-state index contributed by atoms with van der Waals surface area (Å²) in [7, 11) is 0. The van der Waals surface area contributed by atoms with Gasteiger partial charge in [-0.25, -0.2) is 0 Å². The molecule has 0 aromatic carbocycles. The van der Waals surface area contributed by atoms with Gasteiger partial charge in [-0.3, -0.25) is 9.59 Å².